The summed E-state index contributed by atoms with van der Waals surface area (Å²) in [7, 11) is 2.46. The van der Waals surface area contributed by atoms with Gasteiger partial charge in [-0.25, -0.2) is 20.5 Å². The Morgan fingerprint density at radius 2 is 0.941 bits per heavy atom. The van der Waals surface area contributed by atoms with Gasteiger partial charge in [0.15, 0.2) is 0 Å². The monoisotopic (exact) mass is 472 g/mol. The number of nitrogens with zero attached hydrogens (tertiary/aromatic N) is 2. The molecular weight excluding hydrogens is 448 g/mol. The molecule has 4 bridgehead atoms. The lowest BCUT2D eigenvalue weighted by molar-refractivity contribution is 0.0702. The summed E-state index contributed by atoms with van der Waals surface area (Å²) < 4.78 is 9.79. The molecular formula is C22H24N4O8. The molecule has 12 nitrogen and oxygen atoms in total. The fourth-order valence-electron chi connectivity index (χ4n) is 3.79. The third-order valence-corrected chi connectivity index (χ3v) is 5.19. The van der Waals surface area contributed by atoms with Crippen molar-refractivity contribution in [3.63, 3.8) is 0 Å². The first kappa shape index (κ1) is 24.5. The molecule has 0 aromatic heterocycles. The van der Waals surface area contributed by atoms with E-state index in [0.29, 0.717) is 22.3 Å². The third-order valence-electron chi connectivity index (χ3n) is 5.19. The summed E-state index contributed by atoms with van der Waals surface area (Å²) in [6.07, 6.45) is -1.30. The molecule has 2 aromatic carbocycles. The largest absolute Gasteiger partial charge is 0.453 e. The van der Waals surface area contributed by atoms with Gasteiger partial charge in [0, 0.05) is 37.3 Å². The van der Waals surface area contributed by atoms with Crippen molar-refractivity contribution < 1.29 is 39.1 Å². The SMILES string of the molecule is COC(=O)N1Cc2cc(cc(C(=O)NO)c2)CN(C(=O)OC)Cc2cc(cc(C(=O)NO)c2)C1. The summed E-state index contributed by atoms with van der Waals surface area (Å²) in [4.78, 5) is 51.9. The maximum absolute atomic E-state index is 12.5. The molecule has 0 saturated carbocycles. The molecule has 4 N–H and O–H groups in total. The number of hydroxylamine groups is 2. The van der Waals surface area contributed by atoms with Crippen LogP contribution in [0.2, 0.25) is 0 Å². The number of nitrogens with one attached hydrogen (secondary N) is 2. The zero-order valence-electron chi connectivity index (χ0n) is 18.5. The van der Waals surface area contributed by atoms with E-state index >= 15 is 0 Å². The van der Waals surface area contributed by atoms with E-state index in [1.807, 2.05) is 0 Å². The normalized spacial score (nSPS) is 13.2. The van der Waals surface area contributed by atoms with E-state index in [1.165, 1.54) is 48.3 Å². The van der Waals surface area contributed by atoms with E-state index in [9.17, 15) is 19.2 Å². The topological polar surface area (TPSA) is 158 Å². The highest BCUT2D eigenvalue weighted by atomic mass is 16.5. The minimum absolute atomic E-state index is 0.0240. The number of ether oxygens (including phenoxy) is 2. The van der Waals surface area contributed by atoms with E-state index in [2.05, 4.69) is 0 Å². The quantitative estimate of drug-likeness (QED) is 0.380. The van der Waals surface area contributed by atoms with Crippen LogP contribution in [-0.4, -0.2) is 58.4 Å². The summed E-state index contributed by atoms with van der Waals surface area (Å²) >= 11 is 0. The number of hydrogen-bond donors (Lipinski definition) is 4. The molecule has 0 saturated heterocycles. The van der Waals surface area contributed by atoms with Gasteiger partial charge in [0.2, 0.25) is 0 Å². The first-order chi connectivity index (χ1) is 16.3. The van der Waals surface area contributed by atoms with Gasteiger partial charge >= 0.3 is 12.2 Å². The van der Waals surface area contributed by atoms with Crippen molar-refractivity contribution in [3.05, 3.63) is 69.8 Å². The highest BCUT2D eigenvalue weighted by molar-refractivity contribution is 5.94. The lowest BCUT2D eigenvalue weighted by Gasteiger charge is -2.26. The van der Waals surface area contributed by atoms with Crippen LogP contribution in [-0.2, 0) is 35.7 Å². The molecule has 1 heterocycles. The predicted molar refractivity (Wildman–Crippen MR) is 115 cm³/mol. The van der Waals surface area contributed by atoms with Gasteiger partial charge in [-0.15, -0.1) is 0 Å². The summed E-state index contributed by atoms with van der Waals surface area (Å²) in [5.74, 6) is -1.51. The fourth-order valence-corrected chi connectivity index (χ4v) is 3.79. The minimum atomic E-state index is -0.755. The van der Waals surface area contributed by atoms with E-state index in [4.69, 9.17) is 19.9 Å². The second-order valence-electron chi connectivity index (χ2n) is 7.61. The van der Waals surface area contributed by atoms with Crippen LogP contribution in [0, 0.1) is 0 Å². The van der Waals surface area contributed by atoms with E-state index in [0.717, 1.165) is 0 Å². The first-order valence-corrected chi connectivity index (χ1v) is 10.1. The van der Waals surface area contributed by atoms with Crippen LogP contribution in [0.5, 0.6) is 0 Å². The van der Waals surface area contributed by atoms with Gasteiger partial charge in [0.05, 0.1) is 14.2 Å². The van der Waals surface area contributed by atoms with Crippen LogP contribution in [0.25, 0.3) is 0 Å². The highest BCUT2D eigenvalue weighted by Gasteiger charge is 2.22. The van der Waals surface area contributed by atoms with Crippen LogP contribution < -0.4 is 11.0 Å². The number of amides is 4. The number of benzene rings is 2. The number of carbonyl (C=O) groups is 4. The third kappa shape index (κ3) is 5.60. The standard InChI is InChI=1S/C22H24N4O8/c1-33-21(29)25-9-13-3-15(7-17(5-13)19(27)23-31)11-26(22(30)34-2)12-16-4-14(10-25)6-18(8-16)20(28)24-32/h3-8,31-32H,9-12H2,1-2H3,(H,23,27)(H,24,28). The second-order valence-corrected chi connectivity index (χ2v) is 7.61. The molecule has 0 aliphatic carbocycles. The van der Waals surface area contributed by atoms with E-state index in [1.54, 1.807) is 23.1 Å². The van der Waals surface area contributed by atoms with Gasteiger partial charge in [-0.1, -0.05) is 12.1 Å². The Hall–Kier alpha value is -4.16. The van der Waals surface area contributed by atoms with Gasteiger partial charge in [-0.2, -0.15) is 0 Å². The molecule has 12 heteroatoms. The maximum atomic E-state index is 12.5. The molecule has 34 heavy (non-hydrogen) atoms. The first-order valence-electron chi connectivity index (χ1n) is 10.1. The molecule has 3 rings (SSSR count). The Morgan fingerprint density at radius 3 is 1.18 bits per heavy atom. The molecule has 1 aliphatic heterocycles. The zero-order valence-corrected chi connectivity index (χ0v) is 18.5. The Kier molecular flexibility index (Phi) is 7.66. The van der Waals surface area contributed by atoms with Gasteiger partial charge in [-0.05, 0) is 46.5 Å². The molecule has 4 amide bonds. The van der Waals surface area contributed by atoms with Crippen LogP contribution in [0.15, 0.2) is 36.4 Å². The van der Waals surface area contributed by atoms with Crippen LogP contribution >= 0.6 is 0 Å². The van der Waals surface area contributed by atoms with E-state index < -0.39 is 24.0 Å². The van der Waals surface area contributed by atoms with Crippen LogP contribution in [0.3, 0.4) is 0 Å². The smallest absolute Gasteiger partial charge is 0.410 e. The summed E-state index contributed by atoms with van der Waals surface area (Å²) in [5, 5.41) is 18.2. The predicted octanol–water partition coefficient (Wildman–Crippen LogP) is 1.78. The second kappa shape index (κ2) is 10.6. The zero-order chi connectivity index (χ0) is 24.8. The minimum Gasteiger partial charge on any atom is -0.453 e. The Balaban J connectivity index is 2.16. The van der Waals surface area contributed by atoms with Crippen LogP contribution in [0.1, 0.15) is 43.0 Å². The van der Waals surface area contributed by atoms with Gasteiger partial charge in [0.25, 0.3) is 11.8 Å². The van der Waals surface area contributed by atoms with Crippen molar-refractivity contribution in [1.29, 1.82) is 0 Å². The molecule has 0 radical (unpaired) electrons. The molecule has 1 aliphatic rings. The van der Waals surface area contributed by atoms with Gasteiger partial charge < -0.3 is 9.47 Å². The molecule has 0 unspecified atom stereocenters. The van der Waals surface area contributed by atoms with Crippen LogP contribution in [0.4, 0.5) is 9.59 Å². The molecule has 180 valence electrons. The maximum Gasteiger partial charge on any atom is 0.410 e. The molecule has 2 aromatic rings. The number of carbonyl (C=O) groups excluding carboxylic acids is 4. The molecule has 0 atom stereocenters. The Morgan fingerprint density at radius 1 is 0.647 bits per heavy atom. The number of methoxy groups -OCH3 is 2. The van der Waals surface area contributed by atoms with Crippen molar-refractivity contribution in [2.45, 2.75) is 26.2 Å². The lowest BCUT2D eigenvalue weighted by atomic mass is 10.0. The average Bonchev–Trinajstić information content (AvgIpc) is 2.85. The summed E-state index contributed by atoms with van der Waals surface area (Å²) in [6, 6.07) is 9.45. The van der Waals surface area contributed by atoms with Crippen molar-refractivity contribution in [1.82, 2.24) is 20.8 Å². The van der Waals surface area contributed by atoms with Gasteiger partial charge in [0.1, 0.15) is 0 Å². The summed E-state index contributed by atoms with van der Waals surface area (Å²) in [5.41, 5.74) is 5.57. The number of rotatable bonds is 2. The number of fused-ring (bicyclic) bond motifs is 4. The highest BCUT2D eigenvalue weighted by Crippen LogP contribution is 2.22. The fraction of sp³-hybridized carbons (Fsp3) is 0.273. The Labute approximate surface area is 194 Å². The van der Waals surface area contributed by atoms with Gasteiger partial charge in [-0.3, -0.25) is 29.8 Å². The molecule has 0 spiro atoms. The van der Waals surface area contributed by atoms with Crippen molar-refractivity contribution >= 4 is 24.0 Å². The van der Waals surface area contributed by atoms with Crippen molar-refractivity contribution in [2.24, 2.45) is 0 Å². The van der Waals surface area contributed by atoms with Crippen molar-refractivity contribution in [2.75, 3.05) is 14.2 Å². The number of hydrogen-bond acceptors (Lipinski definition) is 8. The van der Waals surface area contributed by atoms with E-state index in [-0.39, 0.29) is 37.3 Å². The average molecular weight is 472 g/mol. The Bertz CT molecular complexity index is 984. The lowest BCUT2D eigenvalue weighted by Crippen LogP contribution is -2.33. The molecule has 0 fully saturated rings. The van der Waals surface area contributed by atoms with Crippen molar-refractivity contribution in [3.8, 4) is 0 Å². The summed E-state index contributed by atoms with van der Waals surface area (Å²) in [6.45, 7) is 0.0960.